The van der Waals surface area contributed by atoms with Crippen molar-refractivity contribution in [3.8, 4) is 0 Å². The Balaban J connectivity index is 1.41. The topological polar surface area (TPSA) is 207 Å². The van der Waals surface area contributed by atoms with Crippen LogP contribution in [0.3, 0.4) is 0 Å². The van der Waals surface area contributed by atoms with Crippen LogP contribution in [0.15, 0.2) is 0 Å². The van der Waals surface area contributed by atoms with E-state index in [4.69, 9.17) is 20.9 Å². The summed E-state index contributed by atoms with van der Waals surface area (Å²) in [5.41, 5.74) is 12.4. The summed E-state index contributed by atoms with van der Waals surface area (Å²) < 4.78 is 12.5. The fourth-order valence-corrected chi connectivity index (χ4v) is 9.93. The number of rotatable bonds is 9. The highest BCUT2D eigenvalue weighted by Gasteiger charge is 2.52. The van der Waals surface area contributed by atoms with E-state index in [9.17, 15) is 24.0 Å². The van der Waals surface area contributed by atoms with Gasteiger partial charge >= 0.3 is 0 Å². The van der Waals surface area contributed by atoms with Crippen molar-refractivity contribution in [1.29, 1.82) is 0 Å². The zero-order valence-corrected chi connectivity index (χ0v) is 33.4. The minimum atomic E-state index is -1.16. The molecule has 5 fully saturated rings. The van der Waals surface area contributed by atoms with Crippen molar-refractivity contribution in [2.75, 3.05) is 26.8 Å². The van der Waals surface area contributed by atoms with Crippen molar-refractivity contribution in [1.82, 2.24) is 26.2 Å². The molecule has 54 heavy (non-hydrogen) atoms. The first kappa shape index (κ1) is 42.3. The predicted molar refractivity (Wildman–Crippen MR) is 205 cm³/mol. The Kier molecular flexibility index (Phi) is 14.8. The van der Waals surface area contributed by atoms with Crippen LogP contribution in [-0.4, -0.2) is 110 Å². The number of ether oxygens (including phenoxy) is 2. The summed E-state index contributed by atoms with van der Waals surface area (Å²) in [4.78, 5) is 71.5. The van der Waals surface area contributed by atoms with Crippen molar-refractivity contribution in [2.45, 2.75) is 166 Å². The highest BCUT2D eigenvalue weighted by atomic mass is 16.5. The molecule has 0 aromatic rings. The van der Waals surface area contributed by atoms with Crippen molar-refractivity contribution in [3.63, 3.8) is 0 Å². The standard InChI is InChI=1S/C40H69N7O7/c1-6-10-32-37(50)46-34(27-11-8-7-9-12-27)38(51)44-30(20-41)35(48)45-31(22-53-29-14-28(42)15-29)36(49)43-24(3)21-54-33(25(4)39(52)47(32)5)13-26-18-40(19-26)16-23(2)17-40/h23-34H,6-22,41-42H2,1-5H3,(H,43,49)(H,44,51)(H,45,48)(H,46,50)/t23?,24-,25-,26?,28-,29-,30+,31+,32+,33-,34+,40?/m1/s1. The maximum absolute atomic E-state index is 14.3. The lowest BCUT2D eigenvalue weighted by Crippen LogP contribution is -2.62. The van der Waals surface area contributed by atoms with Crippen molar-refractivity contribution in [3.05, 3.63) is 0 Å². The van der Waals surface area contributed by atoms with Gasteiger partial charge in [0.1, 0.15) is 24.2 Å². The summed E-state index contributed by atoms with van der Waals surface area (Å²) in [5, 5.41) is 11.6. The summed E-state index contributed by atoms with van der Waals surface area (Å²) in [7, 11) is 1.67. The number of nitrogens with one attached hydrogen (secondary N) is 4. The second-order valence-corrected chi connectivity index (χ2v) is 17.8. The second kappa shape index (κ2) is 18.9. The maximum Gasteiger partial charge on any atom is 0.245 e. The molecule has 306 valence electrons. The van der Waals surface area contributed by atoms with Gasteiger partial charge < -0.3 is 47.1 Å². The molecule has 5 rings (SSSR count). The molecule has 14 heteroatoms. The first-order valence-electron chi connectivity index (χ1n) is 20.9. The lowest BCUT2D eigenvalue weighted by molar-refractivity contribution is -0.149. The molecule has 14 nitrogen and oxygen atoms in total. The fourth-order valence-electron chi connectivity index (χ4n) is 9.93. The molecule has 4 aliphatic carbocycles. The van der Waals surface area contributed by atoms with E-state index in [1.807, 2.05) is 20.8 Å². The zero-order chi connectivity index (χ0) is 39.2. The molecular formula is C40H69N7O7. The minimum Gasteiger partial charge on any atom is -0.375 e. The van der Waals surface area contributed by atoms with E-state index in [0.717, 1.165) is 50.9 Å². The number of nitrogens with two attached hydrogens (primary N) is 2. The Morgan fingerprint density at radius 3 is 2.11 bits per heavy atom. The van der Waals surface area contributed by atoms with Crippen LogP contribution in [0.1, 0.15) is 118 Å². The number of hydrogen-bond donors (Lipinski definition) is 6. The monoisotopic (exact) mass is 760 g/mol. The Hall–Kier alpha value is -2.81. The zero-order valence-electron chi connectivity index (χ0n) is 33.4. The van der Waals surface area contributed by atoms with Gasteiger partial charge in [0.25, 0.3) is 0 Å². The van der Waals surface area contributed by atoms with Crippen LogP contribution in [0, 0.1) is 29.1 Å². The molecule has 0 unspecified atom stereocenters. The van der Waals surface area contributed by atoms with Crippen molar-refractivity contribution < 1.29 is 33.4 Å². The lowest BCUT2D eigenvalue weighted by Gasteiger charge is -2.58. The molecule has 1 heterocycles. The van der Waals surface area contributed by atoms with Crippen molar-refractivity contribution in [2.24, 2.45) is 40.6 Å². The van der Waals surface area contributed by atoms with E-state index in [1.54, 1.807) is 7.05 Å². The van der Waals surface area contributed by atoms with Gasteiger partial charge in [0.05, 0.1) is 31.3 Å². The van der Waals surface area contributed by atoms with Crippen LogP contribution < -0.4 is 32.7 Å². The molecule has 0 bridgehead atoms. The van der Waals surface area contributed by atoms with Crippen LogP contribution in [0.2, 0.25) is 0 Å². The quantitative estimate of drug-likeness (QED) is 0.203. The molecule has 7 atom stereocenters. The normalized spacial score (nSPS) is 39.4. The molecule has 1 saturated heterocycles. The molecule has 0 radical (unpaired) electrons. The first-order chi connectivity index (χ1) is 25.7. The Morgan fingerprint density at radius 2 is 1.50 bits per heavy atom. The predicted octanol–water partition coefficient (Wildman–Crippen LogP) is 1.87. The molecule has 5 amide bonds. The first-order valence-corrected chi connectivity index (χ1v) is 20.9. The largest absolute Gasteiger partial charge is 0.375 e. The molecular weight excluding hydrogens is 690 g/mol. The Labute approximate surface area is 322 Å². The van der Waals surface area contributed by atoms with Gasteiger partial charge in [-0.25, -0.2) is 0 Å². The van der Waals surface area contributed by atoms with Crippen LogP contribution in [0.25, 0.3) is 0 Å². The number of likely N-dealkylation sites (N-methyl/N-ethyl adjacent to an activating group) is 1. The third-order valence-electron chi connectivity index (χ3n) is 13.0. The summed E-state index contributed by atoms with van der Waals surface area (Å²) in [6, 6.07) is -4.38. The van der Waals surface area contributed by atoms with Gasteiger partial charge in [-0.3, -0.25) is 24.0 Å². The average molecular weight is 760 g/mol. The van der Waals surface area contributed by atoms with Crippen LogP contribution in [0.4, 0.5) is 0 Å². The van der Waals surface area contributed by atoms with Gasteiger partial charge in [0.15, 0.2) is 0 Å². The number of carbonyl (C=O) groups is 5. The molecule has 4 saturated carbocycles. The molecule has 1 aliphatic heterocycles. The summed E-state index contributed by atoms with van der Waals surface area (Å²) in [6.45, 7) is 7.80. The second-order valence-electron chi connectivity index (χ2n) is 17.8. The number of amides is 5. The van der Waals surface area contributed by atoms with E-state index >= 15 is 0 Å². The molecule has 0 aromatic heterocycles. The Morgan fingerprint density at radius 1 is 0.852 bits per heavy atom. The lowest BCUT2D eigenvalue weighted by atomic mass is 9.48. The number of nitrogens with zero attached hydrogens (tertiary/aromatic N) is 1. The Bertz CT molecular complexity index is 1310. The third-order valence-corrected chi connectivity index (χ3v) is 13.0. The summed E-state index contributed by atoms with van der Waals surface area (Å²) >= 11 is 0. The van der Waals surface area contributed by atoms with Gasteiger partial charge in [0.2, 0.25) is 29.5 Å². The van der Waals surface area contributed by atoms with E-state index < -0.39 is 65.9 Å². The van der Waals surface area contributed by atoms with Gasteiger partial charge in [0, 0.05) is 25.7 Å². The summed E-state index contributed by atoms with van der Waals surface area (Å²) in [5.74, 6) is -1.70. The molecule has 0 aromatic carbocycles. The van der Waals surface area contributed by atoms with Gasteiger partial charge in [-0.2, -0.15) is 0 Å². The van der Waals surface area contributed by atoms with E-state index in [-0.39, 0.29) is 43.7 Å². The SMILES string of the molecule is CCC[C@H]1C(=O)N[C@@H](C2CCCCC2)C(=O)N[C@@H](CN)C(=O)N[C@@H](CO[C@H]2C[C@H](N)C2)C(=O)N[C@H](C)CO[C@H](CC2CC3(CC(C)C3)C2)[C@@H](C)C(=O)N1C. The van der Waals surface area contributed by atoms with Crippen LogP contribution in [-0.2, 0) is 33.4 Å². The van der Waals surface area contributed by atoms with Crippen LogP contribution in [0.5, 0.6) is 0 Å². The highest BCUT2D eigenvalue weighted by Crippen LogP contribution is 2.62. The van der Waals surface area contributed by atoms with Crippen LogP contribution >= 0.6 is 0 Å². The smallest absolute Gasteiger partial charge is 0.245 e. The van der Waals surface area contributed by atoms with E-state index in [2.05, 4.69) is 28.2 Å². The molecule has 1 spiro atoms. The molecule has 5 aliphatic rings. The summed E-state index contributed by atoms with van der Waals surface area (Å²) in [6.07, 6.45) is 11.7. The molecule has 8 N–H and O–H groups in total. The average Bonchev–Trinajstić information content (AvgIpc) is 3.11. The third kappa shape index (κ3) is 10.5. The minimum absolute atomic E-state index is 0.0431. The van der Waals surface area contributed by atoms with Gasteiger partial charge in [-0.05, 0) is 94.3 Å². The number of hydrogen-bond acceptors (Lipinski definition) is 9. The van der Waals surface area contributed by atoms with Gasteiger partial charge in [-0.1, -0.05) is 46.5 Å². The highest BCUT2D eigenvalue weighted by molar-refractivity contribution is 5.96. The maximum atomic E-state index is 14.3. The van der Waals surface area contributed by atoms with E-state index in [0.29, 0.717) is 43.4 Å². The van der Waals surface area contributed by atoms with Crippen molar-refractivity contribution >= 4 is 29.5 Å². The van der Waals surface area contributed by atoms with E-state index in [1.165, 1.54) is 17.7 Å². The number of carbonyl (C=O) groups excluding carboxylic acids is 5. The fraction of sp³-hybridized carbons (Fsp3) is 0.875. The van der Waals surface area contributed by atoms with Gasteiger partial charge in [-0.15, -0.1) is 0 Å².